The normalized spacial score (nSPS) is 12.3. The van der Waals surface area contributed by atoms with Gasteiger partial charge in [0.2, 0.25) is 6.10 Å². The molecule has 0 fully saturated rings. The van der Waals surface area contributed by atoms with Crippen molar-refractivity contribution in [3.8, 4) is 5.75 Å². The average molecular weight is 341 g/mol. The summed E-state index contributed by atoms with van der Waals surface area (Å²) in [5.74, 6) is 0.806. The van der Waals surface area contributed by atoms with Crippen LogP contribution in [0, 0.1) is 0 Å². The molecule has 0 aromatic heterocycles. The van der Waals surface area contributed by atoms with Crippen LogP contribution >= 0.6 is 0 Å². The van der Waals surface area contributed by atoms with Crippen molar-refractivity contribution in [1.29, 1.82) is 0 Å². The largest absolute Gasteiger partial charge is 0.497 e. The molecular formula is C19H23N3O3. The van der Waals surface area contributed by atoms with E-state index in [0.29, 0.717) is 6.54 Å². The summed E-state index contributed by atoms with van der Waals surface area (Å²) in [5, 5.41) is 6.64. The van der Waals surface area contributed by atoms with Crippen LogP contribution in [-0.2, 0) is 16.1 Å². The van der Waals surface area contributed by atoms with E-state index in [1.54, 1.807) is 14.0 Å². The Morgan fingerprint density at radius 2 is 1.84 bits per heavy atom. The molecule has 25 heavy (non-hydrogen) atoms. The van der Waals surface area contributed by atoms with Crippen LogP contribution < -0.4 is 15.8 Å². The molecule has 1 amide bonds. The Morgan fingerprint density at radius 3 is 2.48 bits per heavy atom. The van der Waals surface area contributed by atoms with E-state index in [-0.39, 0.29) is 11.7 Å². The number of hydrogen-bond acceptors (Lipinski definition) is 4. The van der Waals surface area contributed by atoms with E-state index in [4.69, 9.17) is 15.3 Å². The molecule has 0 saturated carbocycles. The molecule has 3 N–H and O–H groups in total. The van der Waals surface area contributed by atoms with E-state index in [9.17, 15) is 4.79 Å². The van der Waals surface area contributed by atoms with E-state index < -0.39 is 6.10 Å². The van der Waals surface area contributed by atoms with Crippen molar-refractivity contribution in [2.24, 2.45) is 10.9 Å². The van der Waals surface area contributed by atoms with Crippen molar-refractivity contribution < 1.29 is 14.4 Å². The lowest BCUT2D eigenvalue weighted by Gasteiger charge is -2.11. The van der Waals surface area contributed by atoms with Crippen LogP contribution in [0.15, 0.2) is 59.8 Å². The number of hydrogen-bond donors (Lipinski definition) is 2. The van der Waals surface area contributed by atoms with Crippen LogP contribution in [-0.4, -0.2) is 31.5 Å². The highest BCUT2D eigenvalue weighted by Crippen LogP contribution is 2.11. The van der Waals surface area contributed by atoms with Gasteiger partial charge < -0.3 is 20.6 Å². The number of amidine groups is 1. The fourth-order valence-corrected chi connectivity index (χ4v) is 2.11. The minimum Gasteiger partial charge on any atom is -0.497 e. The number of methoxy groups -OCH3 is 1. The Bertz CT molecular complexity index is 700. The third kappa shape index (κ3) is 5.84. The summed E-state index contributed by atoms with van der Waals surface area (Å²) >= 11 is 0. The predicted molar refractivity (Wildman–Crippen MR) is 97.4 cm³/mol. The summed E-state index contributed by atoms with van der Waals surface area (Å²) in [7, 11) is 1.63. The third-order valence-electron chi connectivity index (χ3n) is 3.62. The number of carbonyl (C=O) groups is 1. The summed E-state index contributed by atoms with van der Waals surface area (Å²) in [6, 6.07) is 17.0. The molecule has 0 aliphatic carbocycles. The van der Waals surface area contributed by atoms with Gasteiger partial charge in [-0.1, -0.05) is 47.6 Å². The molecule has 1 atom stereocenters. The van der Waals surface area contributed by atoms with Gasteiger partial charge in [-0.3, -0.25) is 4.79 Å². The molecule has 0 aliphatic rings. The first-order chi connectivity index (χ1) is 12.1. The molecule has 6 heteroatoms. The van der Waals surface area contributed by atoms with Gasteiger partial charge in [0.05, 0.1) is 7.11 Å². The number of nitrogens with two attached hydrogens (primary N) is 1. The molecule has 2 aromatic rings. The average Bonchev–Trinajstić information content (AvgIpc) is 2.66. The second-order valence-electron chi connectivity index (χ2n) is 5.48. The highest BCUT2D eigenvalue weighted by atomic mass is 16.6. The lowest BCUT2D eigenvalue weighted by Crippen LogP contribution is -2.35. The van der Waals surface area contributed by atoms with E-state index in [1.807, 2.05) is 54.6 Å². The topological polar surface area (TPSA) is 85.9 Å². The third-order valence-corrected chi connectivity index (χ3v) is 3.62. The lowest BCUT2D eigenvalue weighted by molar-refractivity contribution is -0.131. The van der Waals surface area contributed by atoms with Crippen LogP contribution in [0.3, 0.4) is 0 Å². The van der Waals surface area contributed by atoms with Gasteiger partial charge in [-0.05, 0) is 31.0 Å². The Balaban J connectivity index is 1.76. The van der Waals surface area contributed by atoms with Crippen molar-refractivity contribution in [3.05, 3.63) is 65.7 Å². The van der Waals surface area contributed by atoms with Gasteiger partial charge >= 0.3 is 0 Å². The monoisotopic (exact) mass is 341 g/mol. The molecular weight excluding hydrogens is 318 g/mol. The van der Waals surface area contributed by atoms with Crippen molar-refractivity contribution >= 4 is 11.7 Å². The van der Waals surface area contributed by atoms with E-state index in [1.165, 1.54) is 0 Å². The molecule has 2 aromatic carbocycles. The molecule has 0 aliphatic heterocycles. The van der Waals surface area contributed by atoms with Crippen molar-refractivity contribution in [2.75, 3.05) is 13.7 Å². The summed E-state index contributed by atoms with van der Waals surface area (Å²) in [5.41, 5.74) is 7.68. The number of nitrogens with one attached hydrogen (secondary N) is 1. The molecule has 0 spiro atoms. The van der Waals surface area contributed by atoms with Crippen molar-refractivity contribution in [2.45, 2.75) is 19.4 Å². The van der Waals surface area contributed by atoms with E-state index in [0.717, 1.165) is 23.3 Å². The van der Waals surface area contributed by atoms with Crippen molar-refractivity contribution in [3.63, 3.8) is 0 Å². The molecule has 0 saturated heterocycles. The zero-order valence-corrected chi connectivity index (χ0v) is 14.4. The standard InChI is InChI=1S/C19H23N3O3/c1-14(25-22-18(20)16-6-4-3-5-7-16)19(23)21-13-12-15-8-10-17(24-2)11-9-15/h3-11,14H,12-13H2,1-2H3,(H2,20,22)(H,21,23). The van der Waals surface area contributed by atoms with Crippen LogP contribution in [0.5, 0.6) is 5.75 Å². The van der Waals surface area contributed by atoms with Crippen molar-refractivity contribution in [1.82, 2.24) is 5.32 Å². The molecule has 132 valence electrons. The zero-order chi connectivity index (χ0) is 18.1. The quantitative estimate of drug-likeness (QED) is 0.437. The minimum atomic E-state index is -0.724. The molecule has 2 rings (SSSR count). The summed E-state index contributed by atoms with van der Waals surface area (Å²) < 4.78 is 5.11. The van der Waals surface area contributed by atoms with Gasteiger partial charge in [0.15, 0.2) is 5.84 Å². The Kier molecular flexibility index (Phi) is 6.83. The first-order valence-corrected chi connectivity index (χ1v) is 8.05. The second-order valence-corrected chi connectivity index (χ2v) is 5.48. The number of ether oxygens (including phenoxy) is 1. The van der Waals surface area contributed by atoms with Gasteiger partial charge in [0.25, 0.3) is 5.91 Å². The Morgan fingerprint density at radius 1 is 1.16 bits per heavy atom. The van der Waals surface area contributed by atoms with E-state index in [2.05, 4.69) is 10.5 Å². The Labute approximate surface area is 147 Å². The summed E-state index contributed by atoms with van der Waals surface area (Å²) in [4.78, 5) is 17.2. The van der Waals surface area contributed by atoms with Gasteiger partial charge in [-0.15, -0.1) is 0 Å². The number of nitrogens with zero attached hydrogens (tertiary/aromatic N) is 1. The van der Waals surface area contributed by atoms with Crippen LogP contribution in [0.25, 0.3) is 0 Å². The SMILES string of the molecule is COc1ccc(CCNC(=O)C(C)O/N=C(\N)c2ccccc2)cc1. The molecule has 6 nitrogen and oxygen atoms in total. The first kappa shape index (κ1) is 18.3. The van der Waals surface area contributed by atoms with E-state index >= 15 is 0 Å². The number of amides is 1. The molecule has 0 heterocycles. The molecule has 0 bridgehead atoms. The first-order valence-electron chi connectivity index (χ1n) is 8.05. The number of oxime groups is 1. The maximum absolute atomic E-state index is 12.0. The minimum absolute atomic E-state index is 0.235. The fourth-order valence-electron chi connectivity index (χ4n) is 2.11. The van der Waals surface area contributed by atoms with Crippen LogP contribution in [0.2, 0.25) is 0 Å². The van der Waals surface area contributed by atoms with Gasteiger partial charge in [-0.25, -0.2) is 0 Å². The number of benzene rings is 2. The smallest absolute Gasteiger partial charge is 0.263 e. The van der Waals surface area contributed by atoms with Crippen LogP contribution in [0.4, 0.5) is 0 Å². The van der Waals surface area contributed by atoms with Gasteiger partial charge in [0, 0.05) is 12.1 Å². The summed E-state index contributed by atoms with van der Waals surface area (Å²) in [6.07, 6.45) is -0.00384. The fraction of sp³-hybridized carbons (Fsp3) is 0.263. The maximum atomic E-state index is 12.0. The second kappa shape index (κ2) is 9.32. The van der Waals surface area contributed by atoms with Gasteiger partial charge in [0.1, 0.15) is 5.75 Å². The lowest BCUT2D eigenvalue weighted by atomic mass is 10.1. The van der Waals surface area contributed by atoms with Gasteiger partial charge in [-0.2, -0.15) is 0 Å². The molecule has 1 unspecified atom stereocenters. The maximum Gasteiger partial charge on any atom is 0.263 e. The Hall–Kier alpha value is -3.02. The highest BCUT2D eigenvalue weighted by molar-refractivity contribution is 5.97. The molecule has 0 radical (unpaired) electrons. The number of rotatable bonds is 8. The zero-order valence-electron chi connectivity index (χ0n) is 14.4. The predicted octanol–water partition coefficient (Wildman–Crippen LogP) is 2.08. The number of carbonyl (C=O) groups excluding carboxylic acids is 1. The van der Waals surface area contributed by atoms with Crippen LogP contribution in [0.1, 0.15) is 18.1 Å². The summed E-state index contributed by atoms with van der Waals surface area (Å²) in [6.45, 7) is 2.14. The highest BCUT2D eigenvalue weighted by Gasteiger charge is 2.13.